The van der Waals surface area contributed by atoms with Crippen molar-refractivity contribution in [1.82, 2.24) is 0 Å². The molecule has 0 saturated heterocycles. The van der Waals surface area contributed by atoms with Crippen molar-refractivity contribution in [2.75, 3.05) is 35.5 Å². The van der Waals surface area contributed by atoms with E-state index in [2.05, 4.69) is 519 Å². The first-order valence-corrected chi connectivity index (χ1v) is 49.8. The van der Waals surface area contributed by atoms with Crippen LogP contribution < -0.4 is 23.7 Å². The zero-order chi connectivity index (χ0) is 101. The van der Waals surface area contributed by atoms with E-state index in [4.69, 9.17) is 23.7 Å². The molecule has 0 aliphatic heterocycles. The smallest absolute Gasteiger partial charge is 0.126 e. The Morgan fingerprint density at radius 3 is 0.521 bits per heavy atom. The van der Waals surface area contributed by atoms with Crippen LogP contribution in [0.1, 0.15) is 260 Å². The number of rotatable bonds is 21. The average Bonchev–Trinajstić information content (AvgIpc) is 0.830. The lowest BCUT2D eigenvalue weighted by atomic mass is 9.93. The molecule has 16 aromatic carbocycles. The topological polar surface area (TPSA) is 46.2 Å². The highest BCUT2D eigenvalue weighted by Gasteiger charge is 2.17. The van der Waals surface area contributed by atoms with Gasteiger partial charge in [-0.1, -0.05) is 448 Å². The Kier molecular flexibility index (Phi) is 44.2. The van der Waals surface area contributed by atoms with Gasteiger partial charge in [0.25, 0.3) is 0 Å². The molecule has 0 fully saturated rings. The third-order valence-electron chi connectivity index (χ3n) is 25.3. The van der Waals surface area contributed by atoms with Gasteiger partial charge in [-0.15, -0.1) is 0 Å². The van der Waals surface area contributed by atoms with Crippen LogP contribution in [0.2, 0.25) is 0 Å². The molecule has 0 aliphatic rings. The lowest BCUT2D eigenvalue weighted by Gasteiger charge is -2.13. The third-order valence-corrected chi connectivity index (χ3v) is 25.3. The van der Waals surface area contributed by atoms with E-state index < -0.39 is 0 Å². The van der Waals surface area contributed by atoms with Crippen molar-refractivity contribution in [1.29, 1.82) is 0 Å². The predicted octanol–water partition coefficient (Wildman–Crippen LogP) is 39.3. The molecule has 5 heteroatoms. The fraction of sp³-hybridized carbons (Fsp3) is 0.289. The van der Waals surface area contributed by atoms with Crippen LogP contribution in [0.15, 0.2) is 352 Å². The summed E-state index contributed by atoms with van der Waals surface area (Å²) in [6, 6.07) is 125. The van der Waals surface area contributed by atoms with E-state index in [0.29, 0.717) is 47.3 Å². The van der Waals surface area contributed by atoms with Crippen LogP contribution in [0.5, 0.6) is 28.7 Å². The molecule has 0 aliphatic carbocycles. The predicted molar refractivity (Wildman–Crippen MR) is 610 cm³/mol. The van der Waals surface area contributed by atoms with Crippen molar-refractivity contribution in [2.45, 2.75) is 228 Å². The molecule has 16 aromatic rings. The van der Waals surface area contributed by atoms with Crippen molar-refractivity contribution >= 4 is 0 Å². The minimum absolute atomic E-state index is 0. The molecule has 0 aromatic heterocycles. The molecular weight excluding hydrogens is 1700 g/mol. The molecule has 0 amide bonds. The molecule has 0 radical (unpaired) electrons. The Hall–Kier alpha value is -13.5. The van der Waals surface area contributed by atoms with Crippen molar-refractivity contribution in [3.63, 3.8) is 0 Å². The summed E-state index contributed by atoms with van der Waals surface area (Å²) < 4.78 is 27.3. The van der Waals surface area contributed by atoms with Gasteiger partial charge in [-0.3, -0.25) is 0 Å². The number of hydrogen-bond donors (Lipinski definition) is 0. The SMILES string of the molecule is C.COc1ccc(C(C)C)cc1-c1cccc(C)c1.COc1ccc(C(C)C)cc1-c1cccc(C)c1.COc1ccc(C(C)C)cc1-c1cccc(C)c1.COc1ccc(C(C)C)cc1-c1cccc(C)c1.COc1ccc(C(C)C)cc1-c1ccccc1.Cc1cccc(-c2cc(C(C)C)ccc2C)c1.Cc1cccc(-c2cc(C(C)C)ccc2C)c1.Cc1cccc(-c2cccc(C(C)C)c2)c1. The van der Waals surface area contributed by atoms with Gasteiger partial charge in [0.1, 0.15) is 28.7 Å². The van der Waals surface area contributed by atoms with Crippen LogP contribution in [0.25, 0.3) is 89.0 Å². The largest absolute Gasteiger partial charge is 0.496 e. The Labute approximate surface area is 845 Å². The van der Waals surface area contributed by atoms with Gasteiger partial charge in [0, 0.05) is 27.8 Å². The zero-order valence-electron chi connectivity index (χ0n) is 89.1. The summed E-state index contributed by atoms with van der Waals surface area (Å²) >= 11 is 0. The number of benzene rings is 16. The molecule has 730 valence electrons. The van der Waals surface area contributed by atoms with Crippen LogP contribution in [0.4, 0.5) is 0 Å². The highest BCUT2D eigenvalue weighted by Crippen LogP contribution is 2.41. The Balaban J connectivity index is 0.000000196. The maximum Gasteiger partial charge on any atom is 0.126 e. The van der Waals surface area contributed by atoms with Gasteiger partial charge in [-0.25, -0.2) is 0 Å². The van der Waals surface area contributed by atoms with Gasteiger partial charge in [-0.2, -0.15) is 0 Å². The number of ether oxygens (including phenoxy) is 5. The lowest BCUT2D eigenvalue weighted by molar-refractivity contribution is 0.416. The summed E-state index contributed by atoms with van der Waals surface area (Å²) in [6.45, 7) is 54.8. The molecule has 0 spiro atoms. The first-order valence-electron chi connectivity index (χ1n) is 49.8. The molecule has 140 heavy (non-hydrogen) atoms. The molecular formula is C135H160O5. The standard InChI is InChI=1S/4C17H20O.2C17H20.C16H18O.C16H18.CH4/c4*1-12(2)14-8-9-17(18-4)16(11-14)15-7-5-6-13(3)10-15;2*1-12(2)15-9-8-14(4)17(11-15)16-7-5-6-13(3)10-16;1-12(2)14-9-10-16(17-3)15(11-14)13-7-5-4-6-8-13;1-12(2)14-7-5-9-16(11-14)15-8-4-6-13(3)10-15;/h4*5-12H,1-4H3;2*5-12H,1-4H3;4-12H,1-3H3;4-12H,1-3H3;1H4. The number of hydrogen-bond acceptors (Lipinski definition) is 5. The second-order valence-electron chi connectivity index (χ2n) is 39.3. The highest BCUT2D eigenvalue weighted by molar-refractivity contribution is 5.78. The Bertz CT molecular complexity index is 6040. The van der Waals surface area contributed by atoms with E-state index in [9.17, 15) is 0 Å². The van der Waals surface area contributed by atoms with Gasteiger partial charge in [-0.05, 0) is 287 Å². The molecule has 0 heterocycles. The van der Waals surface area contributed by atoms with Crippen LogP contribution in [-0.2, 0) is 0 Å². The van der Waals surface area contributed by atoms with Gasteiger partial charge in [0.2, 0.25) is 0 Å². The number of aryl methyl sites for hydroxylation is 9. The second-order valence-corrected chi connectivity index (χ2v) is 39.3. The normalized spacial score (nSPS) is 10.7. The fourth-order valence-corrected chi connectivity index (χ4v) is 16.6. The molecule has 0 N–H and O–H groups in total. The summed E-state index contributed by atoms with van der Waals surface area (Å²) in [5.41, 5.74) is 42.6. The van der Waals surface area contributed by atoms with E-state index in [1.54, 1.807) is 35.5 Å². The maximum atomic E-state index is 5.47. The quantitative estimate of drug-likeness (QED) is 0.0717. The van der Waals surface area contributed by atoms with Crippen molar-refractivity contribution < 1.29 is 23.7 Å². The van der Waals surface area contributed by atoms with Crippen LogP contribution in [0.3, 0.4) is 0 Å². The molecule has 16 rings (SSSR count). The van der Waals surface area contributed by atoms with Crippen molar-refractivity contribution in [2.24, 2.45) is 0 Å². The zero-order valence-corrected chi connectivity index (χ0v) is 89.1. The Morgan fingerprint density at radius 2 is 0.307 bits per heavy atom. The van der Waals surface area contributed by atoms with Crippen LogP contribution >= 0.6 is 0 Å². The molecule has 0 atom stereocenters. The van der Waals surface area contributed by atoms with E-state index in [1.165, 1.54) is 184 Å². The summed E-state index contributed by atoms with van der Waals surface area (Å²) in [6.07, 6.45) is 0. The van der Waals surface area contributed by atoms with E-state index in [0.717, 1.165) is 28.7 Å². The fourth-order valence-electron chi connectivity index (χ4n) is 16.6. The second kappa shape index (κ2) is 55.3. The van der Waals surface area contributed by atoms with E-state index in [1.807, 2.05) is 6.07 Å². The van der Waals surface area contributed by atoms with E-state index in [-0.39, 0.29) is 7.43 Å². The minimum atomic E-state index is 0. The molecule has 5 nitrogen and oxygen atoms in total. The summed E-state index contributed by atoms with van der Waals surface area (Å²) in [5.74, 6) is 9.06. The lowest BCUT2D eigenvalue weighted by Crippen LogP contribution is -1.93. The highest BCUT2D eigenvalue weighted by atomic mass is 16.5. The van der Waals surface area contributed by atoms with E-state index >= 15 is 0 Å². The van der Waals surface area contributed by atoms with Gasteiger partial charge < -0.3 is 23.7 Å². The Morgan fingerprint density at radius 1 is 0.143 bits per heavy atom. The third kappa shape index (κ3) is 33.1. The monoisotopic (exact) mass is 1860 g/mol. The van der Waals surface area contributed by atoms with Gasteiger partial charge in [0.15, 0.2) is 0 Å². The maximum absolute atomic E-state index is 5.47. The minimum Gasteiger partial charge on any atom is -0.496 e. The van der Waals surface area contributed by atoms with Crippen LogP contribution in [-0.4, -0.2) is 35.5 Å². The summed E-state index contributed by atoms with van der Waals surface area (Å²) in [7, 11) is 8.62. The molecule has 0 saturated carbocycles. The molecule has 0 unspecified atom stereocenters. The van der Waals surface area contributed by atoms with Crippen LogP contribution in [0, 0.1) is 62.3 Å². The average molecular weight is 1860 g/mol. The van der Waals surface area contributed by atoms with Crippen molar-refractivity contribution in [3.8, 4) is 118 Å². The summed E-state index contributed by atoms with van der Waals surface area (Å²) in [4.78, 5) is 0. The first kappa shape index (κ1) is 112. The molecule has 0 bridgehead atoms. The number of methoxy groups -OCH3 is 5. The van der Waals surface area contributed by atoms with Gasteiger partial charge in [0.05, 0.1) is 35.5 Å². The first-order chi connectivity index (χ1) is 66.5. The van der Waals surface area contributed by atoms with Gasteiger partial charge >= 0.3 is 0 Å². The van der Waals surface area contributed by atoms with Crippen molar-refractivity contribution in [3.05, 3.63) is 446 Å². The summed E-state index contributed by atoms with van der Waals surface area (Å²) in [5, 5.41) is 0.